The van der Waals surface area contributed by atoms with Crippen LogP contribution in [0, 0.1) is 25.7 Å². The first kappa shape index (κ1) is 17.0. The molecule has 0 bridgehead atoms. The molecule has 0 aromatic heterocycles. The second-order valence-electron chi connectivity index (χ2n) is 7.23. The van der Waals surface area contributed by atoms with Crippen LogP contribution in [0.25, 0.3) is 0 Å². The summed E-state index contributed by atoms with van der Waals surface area (Å²) >= 11 is 0. The predicted octanol–water partition coefficient (Wildman–Crippen LogP) is 2.30. The highest BCUT2D eigenvalue weighted by Crippen LogP contribution is 2.35. The summed E-state index contributed by atoms with van der Waals surface area (Å²) in [5.41, 5.74) is 2.88. The quantitative estimate of drug-likeness (QED) is 0.796. The van der Waals surface area contributed by atoms with Gasteiger partial charge in [-0.1, -0.05) is 30.5 Å². The number of rotatable bonds is 3. The molecule has 1 aliphatic carbocycles. The van der Waals surface area contributed by atoms with Gasteiger partial charge in [-0.3, -0.25) is 9.59 Å². The Hall–Kier alpha value is -1.88. The van der Waals surface area contributed by atoms with Crippen molar-refractivity contribution in [1.29, 1.82) is 0 Å². The first-order chi connectivity index (χ1) is 11.5. The highest BCUT2D eigenvalue weighted by atomic mass is 16.3. The van der Waals surface area contributed by atoms with E-state index >= 15 is 0 Å². The van der Waals surface area contributed by atoms with Gasteiger partial charge in [-0.15, -0.1) is 0 Å². The summed E-state index contributed by atoms with van der Waals surface area (Å²) < 4.78 is 0. The summed E-state index contributed by atoms with van der Waals surface area (Å²) in [5, 5.41) is 16.5. The van der Waals surface area contributed by atoms with E-state index in [-0.39, 0.29) is 30.2 Å². The summed E-state index contributed by atoms with van der Waals surface area (Å²) in [4.78, 5) is 24.7. The SMILES string of the molecule is Cc1ccc(NC(=O)CC2C(=O)NC3CCCCC3C2O)c(C)c1. The van der Waals surface area contributed by atoms with Crippen molar-refractivity contribution < 1.29 is 14.7 Å². The number of anilines is 1. The van der Waals surface area contributed by atoms with Crippen molar-refractivity contribution in [2.75, 3.05) is 5.32 Å². The summed E-state index contributed by atoms with van der Waals surface area (Å²) in [5.74, 6) is -0.998. The molecule has 2 fully saturated rings. The van der Waals surface area contributed by atoms with E-state index in [1.54, 1.807) is 0 Å². The molecule has 1 saturated carbocycles. The van der Waals surface area contributed by atoms with Crippen LogP contribution in [0.1, 0.15) is 43.2 Å². The molecule has 5 nitrogen and oxygen atoms in total. The minimum Gasteiger partial charge on any atom is -0.392 e. The number of aliphatic hydroxyl groups is 1. The molecule has 3 rings (SSSR count). The van der Waals surface area contributed by atoms with Gasteiger partial charge in [0.05, 0.1) is 12.0 Å². The maximum absolute atomic E-state index is 12.4. The highest BCUT2D eigenvalue weighted by Gasteiger charge is 2.44. The van der Waals surface area contributed by atoms with Crippen molar-refractivity contribution in [2.24, 2.45) is 11.8 Å². The molecule has 0 radical (unpaired) electrons. The third kappa shape index (κ3) is 3.46. The molecule has 5 heteroatoms. The van der Waals surface area contributed by atoms with Crippen LogP contribution in [0.15, 0.2) is 18.2 Å². The Bertz CT molecular complexity index is 643. The molecule has 24 heavy (non-hydrogen) atoms. The minimum atomic E-state index is -0.728. The maximum Gasteiger partial charge on any atom is 0.226 e. The smallest absolute Gasteiger partial charge is 0.226 e. The van der Waals surface area contributed by atoms with Gasteiger partial charge in [0, 0.05) is 24.1 Å². The topological polar surface area (TPSA) is 78.4 Å². The zero-order valence-electron chi connectivity index (χ0n) is 14.3. The average molecular weight is 330 g/mol. The second kappa shape index (κ2) is 6.93. The fraction of sp³-hybridized carbons (Fsp3) is 0.579. The van der Waals surface area contributed by atoms with Gasteiger partial charge in [0.15, 0.2) is 0 Å². The lowest BCUT2D eigenvalue weighted by atomic mass is 9.73. The van der Waals surface area contributed by atoms with Crippen molar-refractivity contribution in [3.05, 3.63) is 29.3 Å². The van der Waals surface area contributed by atoms with E-state index in [1.165, 1.54) is 0 Å². The molecule has 1 heterocycles. The molecular weight excluding hydrogens is 304 g/mol. The molecular formula is C19H26N2O3. The lowest BCUT2D eigenvalue weighted by Crippen LogP contribution is -2.58. The molecule has 1 aliphatic heterocycles. The van der Waals surface area contributed by atoms with Crippen molar-refractivity contribution in [3.63, 3.8) is 0 Å². The summed E-state index contributed by atoms with van der Waals surface area (Å²) in [7, 11) is 0. The molecule has 4 unspecified atom stereocenters. The van der Waals surface area contributed by atoms with Crippen molar-refractivity contribution in [1.82, 2.24) is 5.32 Å². The molecule has 4 atom stereocenters. The van der Waals surface area contributed by atoms with Crippen LogP contribution in [-0.4, -0.2) is 29.1 Å². The van der Waals surface area contributed by atoms with Gasteiger partial charge in [0.2, 0.25) is 11.8 Å². The van der Waals surface area contributed by atoms with Crippen molar-refractivity contribution in [2.45, 2.75) is 58.1 Å². The van der Waals surface area contributed by atoms with E-state index in [2.05, 4.69) is 10.6 Å². The summed E-state index contributed by atoms with van der Waals surface area (Å²) in [6.07, 6.45) is 3.30. The van der Waals surface area contributed by atoms with Gasteiger partial charge in [-0.2, -0.15) is 0 Å². The number of piperidine rings is 1. The second-order valence-corrected chi connectivity index (χ2v) is 7.23. The van der Waals surface area contributed by atoms with Crippen LogP contribution in [0.4, 0.5) is 5.69 Å². The van der Waals surface area contributed by atoms with E-state index in [1.807, 2.05) is 32.0 Å². The first-order valence-electron chi connectivity index (χ1n) is 8.81. The number of benzene rings is 1. The van der Waals surface area contributed by atoms with E-state index in [0.29, 0.717) is 0 Å². The standard InChI is InChI=1S/C19H26N2O3/c1-11-7-8-15(12(2)9-11)20-17(22)10-14-18(23)13-5-3-4-6-16(13)21-19(14)24/h7-9,13-14,16,18,23H,3-6,10H2,1-2H3,(H,20,22)(H,21,24). The summed E-state index contributed by atoms with van der Waals surface area (Å²) in [6, 6.07) is 5.89. The van der Waals surface area contributed by atoms with Crippen molar-refractivity contribution in [3.8, 4) is 0 Å². The molecule has 0 spiro atoms. The Labute approximate surface area is 142 Å². The zero-order valence-corrected chi connectivity index (χ0v) is 14.3. The fourth-order valence-corrected chi connectivity index (χ4v) is 4.06. The lowest BCUT2D eigenvalue weighted by Gasteiger charge is -2.42. The Balaban J connectivity index is 1.65. The largest absolute Gasteiger partial charge is 0.392 e. The van der Waals surface area contributed by atoms with Crippen LogP contribution >= 0.6 is 0 Å². The van der Waals surface area contributed by atoms with Gasteiger partial charge in [-0.25, -0.2) is 0 Å². The van der Waals surface area contributed by atoms with E-state index < -0.39 is 12.0 Å². The fourth-order valence-electron chi connectivity index (χ4n) is 4.06. The third-order valence-electron chi connectivity index (χ3n) is 5.40. The summed E-state index contributed by atoms with van der Waals surface area (Å²) in [6.45, 7) is 3.94. The predicted molar refractivity (Wildman–Crippen MR) is 92.5 cm³/mol. The number of hydrogen-bond acceptors (Lipinski definition) is 3. The number of fused-ring (bicyclic) bond motifs is 1. The van der Waals surface area contributed by atoms with Crippen LogP contribution in [0.2, 0.25) is 0 Å². The van der Waals surface area contributed by atoms with Crippen LogP contribution in [0.3, 0.4) is 0 Å². The number of hydrogen-bond donors (Lipinski definition) is 3. The van der Waals surface area contributed by atoms with Crippen LogP contribution in [0.5, 0.6) is 0 Å². The number of aryl methyl sites for hydroxylation is 2. The van der Waals surface area contributed by atoms with Gasteiger partial charge in [-0.05, 0) is 38.3 Å². The number of carbonyl (C=O) groups excluding carboxylic acids is 2. The molecule has 1 saturated heterocycles. The Morgan fingerprint density at radius 3 is 2.79 bits per heavy atom. The van der Waals surface area contributed by atoms with E-state index in [4.69, 9.17) is 0 Å². The monoisotopic (exact) mass is 330 g/mol. The minimum absolute atomic E-state index is 0.0174. The van der Waals surface area contributed by atoms with Crippen molar-refractivity contribution >= 4 is 17.5 Å². The number of amides is 2. The van der Waals surface area contributed by atoms with E-state index in [0.717, 1.165) is 42.5 Å². The maximum atomic E-state index is 12.4. The Morgan fingerprint density at radius 2 is 2.04 bits per heavy atom. The number of carbonyl (C=O) groups is 2. The molecule has 2 aliphatic rings. The number of aliphatic hydroxyl groups excluding tert-OH is 1. The molecule has 3 N–H and O–H groups in total. The first-order valence-corrected chi connectivity index (χ1v) is 8.81. The van der Waals surface area contributed by atoms with Crippen LogP contribution in [-0.2, 0) is 9.59 Å². The molecule has 2 amide bonds. The molecule has 1 aromatic carbocycles. The van der Waals surface area contributed by atoms with Gasteiger partial charge in [0.1, 0.15) is 0 Å². The van der Waals surface area contributed by atoms with Gasteiger partial charge < -0.3 is 15.7 Å². The average Bonchev–Trinajstić information content (AvgIpc) is 2.54. The van der Waals surface area contributed by atoms with Gasteiger partial charge in [0.25, 0.3) is 0 Å². The Kier molecular flexibility index (Phi) is 4.90. The molecule has 1 aromatic rings. The van der Waals surface area contributed by atoms with Gasteiger partial charge >= 0.3 is 0 Å². The Morgan fingerprint density at radius 1 is 1.29 bits per heavy atom. The lowest BCUT2D eigenvalue weighted by molar-refractivity contribution is -0.141. The normalized spacial score (nSPS) is 29.5. The zero-order chi connectivity index (χ0) is 17.3. The highest BCUT2D eigenvalue weighted by molar-refractivity contribution is 5.95. The van der Waals surface area contributed by atoms with E-state index in [9.17, 15) is 14.7 Å². The molecule has 130 valence electrons. The third-order valence-corrected chi connectivity index (χ3v) is 5.40. The van der Waals surface area contributed by atoms with Crippen LogP contribution < -0.4 is 10.6 Å². The number of nitrogens with one attached hydrogen (secondary N) is 2.